The Morgan fingerprint density at radius 2 is 1.88 bits per heavy atom. The van der Waals surface area contributed by atoms with Crippen molar-refractivity contribution in [1.82, 2.24) is 0 Å². The molecule has 0 spiro atoms. The summed E-state index contributed by atoms with van der Waals surface area (Å²) in [5, 5.41) is 67.8. The van der Waals surface area contributed by atoms with Crippen LogP contribution in [0.2, 0.25) is 0 Å². The van der Waals surface area contributed by atoms with E-state index in [1.807, 2.05) is 0 Å². The van der Waals surface area contributed by atoms with Crippen LogP contribution in [0.3, 0.4) is 0 Å². The monoisotopic (exact) mass is 369 g/mol. The second-order valence-electron chi connectivity index (χ2n) is 6.18. The van der Waals surface area contributed by atoms with Crippen molar-refractivity contribution in [3.05, 3.63) is 0 Å². The van der Waals surface area contributed by atoms with Crippen molar-refractivity contribution in [3.8, 4) is 0 Å². The third-order valence-corrected chi connectivity index (χ3v) is 4.21. The second kappa shape index (κ2) is 7.75. The molecule has 9 N–H and O–H groups in total. The van der Waals surface area contributed by atoms with Crippen LogP contribution in [0.15, 0.2) is 0 Å². The van der Waals surface area contributed by atoms with Crippen LogP contribution in [0.5, 0.6) is 0 Å². The van der Waals surface area contributed by atoms with E-state index in [0.717, 1.165) is 0 Å². The third kappa shape index (κ3) is 4.25. The Kier molecular flexibility index (Phi) is 6.32. The van der Waals surface area contributed by atoms with Gasteiger partial charge >= 0.3 is 5.97 Å². The molecule has 2 fully saturated rings. The minimum Gasteiger partial charge on any atom is -0.477 e. The average Bonchev–Trinajstić information content (AvgIpc) is 2.55. The molecule has 0 aliphatic carbocycles. The largest absolute Gasteiger partial charge is 0.477 e. The van der Waals surface area contributed by atoms with E-state index in [0.29, 0.717) is 0 Å². The second-order valence-corrected chi connectivity index (χ2v) is 6.18. The van der Waals surface area contributed by atoms with Gasteiger partial charge in [-0.1, -0.05) is 0 Å². The summed E-state index contributed by atoms with van der Waals surface area (Å²) in [5.41, 5.74) is 5.49. The summed E-state index contributed by atoms with van der Waals surface area (Å²) >= 11 is 0. The van der Waals surface area contributed by atoms with Gasteiger partial charge in [0.1, 0.15) is 30.5 Å². The number of carboxylic acids is 1. The van der Waals surface area contributed by atoms with Crippen molar-refractivity contribution in [2.75, 3.05) is 13.2 Å². The Morgan fingerprint density at radius 3 is 2.48 bits per heavy atom. The third-order valence-electron chi connectivity index (χ3n) is 4.21. The van der Waals surface area contributed by atoms with E-state index in [-0.39, 0.29) is 6.61 Å². The van der Waals surface area contributed by atoms with Crippen LogP contribution >= 0.6 is 0 Å². The number of aliphatic hydroxyl groups excluding tert-OH is 5. The number of hydrogen-bond donors (Lipinski definition) is 8. The predicted molar refractivity (Wildman–Crippen MR) is 75.8 cm³/mol. The zero-order chi connectivity index (χ0) is 18.9. The highest BCUT2D eigenvalue weighted by atomic mass is 16.7. The van der Waals surface area contributed by atoms with Crippen LogP contribution in [0, 0.1) is 0 Å². The van der Waals surface area contributed by atoms with Crippen molar-refractivity contribution in [1.29, 1.82) is 0 Å². The Morgan fingerprint density at radius 1 is 1.24 bits per heavy atom. The molecule has 0 saturated carbocycles. The van der Waals surface area contributed by atoms with E-state index >= 15 is 0 Å². The van der Waals surface area contributed by atoms with Crippen LogP contribution in [-0.2, 0) is 19.0 Å². The smallest absolute Gasteiger partial charge is 0.364 e. The van der Waals surface area contributed by atoms with Crippen molar-refractivity contribution in [2.24, 2.45) is 5.73 Å². The molecule has 0 amide bonds. The van der Waals surface area contributed by atoms with Gasteiger partial charge in [0.25, 0.3) is 5.79 Å². The fourth-order valence-corrected chi connectivity index (χ4v) is 2.66. The molecule has 2 heterocycles. The van der Waals surface area contributed by atoms with E-state index in [1.165, 1.54) is 0 Å². The van der Waals surface area contributed by atoms with E-state index in [9.17, 15) is 35.4 Å². The molecule has 25 heavy (non-hydrogen) atoms. The van der Waals surface area contributed by atoms with Crippen molar-refractivity contribution in [3.63, 3.8) is 0 Å². The lowest BCUT2D eigenvalue weighted by atomic mass is 9.93. The zero-order valence-corrected chi connectivity index (χ0v) is 13.1. The molecule has 2 saturated heterocycles. The molecule has 0 unspecified atom stereocenters. The number of hydrogen-bond acceptors (Lipinski definition) is 11. The maximum atomic E-state index is 11.0. The minimum absolute atomic E-state index is 0.112. The maximum absolute atomic E-state index is 11.0. The zero-order valence-electron chi connectivity index (χ0n) is 13.1. The molecule has 0 radical (unpaired) electrons. The van der Waals surface area contributed by atoms with Crippen molar-refractivity contribution >= 4 is 5.97 Å². The van der Waals surface area contributed by atoms with Gasteiger partial charge in [-0.15, -0.1) is 0 Å². The predicted octanol–water partition coefficient (Wildman–Crippen LogP) is -4.95. The molecular weight excluding hydrogens is 346 g/mol. The Labute approximate surface area is 142 Å². The highest BCUT2D eigenvalue weighted by Gasteiger charge is 2.52. The SMILES string of the molecule is N[C@H]1CO[C@H](OC[C@@H](O)[C@H]2O[C@@](O)(C(=O)O)C[C@@H](O)[C@H]2O)[C@H](O)[C@H]1O. The molecule has 146 valence electrons. The van der Waals surface area contributed by atoms with Gasteiger partial charge in [0.05, 0.1) is 25.4 Å². The lowest BCUT2D eigenvalue weighted by molar-refractivity contribution is -0.315. The molecule has 0 aromatic heterocycles. The van der Waals surface area contributed by atoms with E-state index in [2.05, 4.69) is 0 Å². The highest BCUT2D eigenvalue weighted by molar-refractivity contribution is 5.75. The summed E-state index contributed by atoms with van der Waals surface area (Å²) in [6, 6.07) is -0.816. The summed E-state index contributed by atoms with van der Waals surface area (Å²) in [7, 11) is 0. The molecule has 2 rings (SSSR count). The van der Waals surface area contributed by atoms with Gasteiger partial charge in [-0.05, 0) is 0 Å². The molecule has 2 aliphatic rings. The number of nitrogens with two attached hydrogens (primary N) is 1. The number of carbonyl (C=O) groups is 1. The standard InChI is InChI=1S/C13H23NO11/c14-4-2-23-11(9(19)7(4)17)24-3-6(16)10-8(18)5(15)1-13(22,25-10)12(20)21/h4-11,15-19,22H,1-3,14H2,(H,20,21)/t4-,5+,6+,7-,8+,9+,10+,11+,13+/m0/s1. The Hall–Kier alpha value is -0.930. The molecule has 12 nitrogen and oxygen atoms in total. The first-order valence-corrected chi connectivity index (χ1v) is 7.59. The van der Waals surface area contributed by atoms with Gasteiger partial charge in [-0.25, -0.2) is 4.79 Å². The molecule has 0 aromatic rings. The first-order valence-electron chi connectivity index (χ1n) is 7.59. The van der Waals surface area contributed by atoms with Gasteiger partial charge in [0, 0.05) is 6.42 Å². The molecular formula is C13H23NO11. The fourth-order valence-electron chi connectivity index (χ4n) is 2.66. The van der Waals surface area contributed by atoms with Crippen molar-refractivity contribution < 1.29 is 54.8 Å². The Bertz CT molecular complexity index is 479. The molecule has 2 aliphatic heterocycles. The number of aliphatic hydroxyl groups is 6. The van der Waals surface area contributed by atoms with Crippen LogP contribution in [0.25, 0.3) is 0 Å². The van der Waals surface area contributed by atoms with Gasteiger partial charge in [-0.3, -0.25) is 0 Å². The first-order chi connectivity index (χ1) is 11.6. The molecule has 0 bridgehead atoms. The van der Waals surface area contributed by atoms with E-state index in [1.54, 1.807) is 0 Å². The van der Waals surface area contributed by atoms with Crippen LogP contribution in [-0.4, -0.2) is 110 Å². The van der Waals surface area contributed by atoms with E-state index in [4.69, 9.17) is 25.1 Å². The summed E-state index contributed by atoms with van der Waals surface area (Å²) in [6.07, 6.45) is -11.6. The summed E-state index contributed by atoms with van der Waals surface area (Å²) in [4.78, 5) is 11.0. The summed E-state index contributed by atoms with van der Waals surface area (Å²) in [5.74, 6) is -4.58. The lowest BCUT2D eigenvalue weighted by Crippen LogP contribution is -2.62. The first kappa shape index (κ1) is 20.4. The number of rotatable bonds is 5. The van der Waals surface area contributed by atoms with Crippen molar-refractivity contribution in [2.45, 2.75) is 61.2 Å². The highest BCUT2D eigenvalue weighted by Crippen LogP contribution is 2.30. The molecule has 12 heteroatoms. The van der Waals surface area contributed by atoms with Gasteiger partial charge < -0.3 is 55.7 Å². The maximum Gasteiger partial charge on any atom is 0.364 e. The van der Waals surface area contributed by atoms with Crippen LogP contribution in [0.1, 0.15) is 6.42 Å². The summed E-state index contributed by atoms with van der Waals surface area (Å²) < 4.78 is 15.0. The normalized spacial score (nSPS) is 46.6. The van der Waals surface area contributed by atoms with Gasteiger partial charge in [-0.2, -0.15) is 0 Å². The van der Waals surface area contributed by atoms with Crippen LogP contribution < -0.4 is 5.73 Å². The van der Waals surface area contributed by atoms with Gasteiger partial charge in [0.2, 0.25) is 0 Å². The Balaban J connectivity index is 1.97. The lowest BCUT2D eigenvalue weighted by Gasteiger charge is -2.42. The average molecular weight is 369 g/mol. The number of aliphatic carboxylic acids is 1. The quantitative estimate of drug-likeness (QED) is 0.229. The number of carboxylic acid groups (broad SMARTS) is 1. The van der Waals surface area contributed by atoms with Gasteiger partial charge in [0.15, 0.2) is 6.29 Å². The topological polar surface area (TPSA) is 212 Å². The molecule has 0 aromatic carbocycles. The van der Waals surface area contributed by atoms with Crippen LogP contribution in [0.4, 0.5) is 0 Å². The molecule has 9 atom stereocenters. The summed E-state index contributed by atoms with van der Waals surface area (Å²) in [6.45, 7) is -0.729. The van der Waals surface area contributed by atoms with E-state index < -0.39 is 73.7 Å². The number of ether oxygens (including phenoxy) is 3. The fraction of sp³-hybridized carbons (Fsp3) is 0.923. The minimum atomic E-state index is -2.78.